The van der Waals surface area contributed by atoms with Crippen molar-refractivity contribution in [2.24, 2.45) is 5.92 Å². The van der Waals surface area contributed by atoms with Gasteiger partial charge in [0.1, 0.15) is 0 Å². The molecule has 1 aliphatic rings. The molecule has 2 aromatic rings. The molecule has 1 aliphatic carbocycles. The molecular formula is C21H24ClNO3. The van der Waals surface area contributed by atoms with E-state index in [0.29, 0.717) is 35.3 Å². The zero-order valence-electron chi connectivity index (χ0n) is 15.1. The lowest BCUT2D eigenvalue weighted by Gasteiger charge is -2.19. The molecule has 0 radical (unpaired) electrons. The second-order valence-electron chi connectivity index (χ2n) is 6.62. The third-order valence-electron chi connectivity index (χ3n) is 4.73. The Labute approximate surface area is 159 Å². The summed E-state index contributed by atoms with van der Waals surface area (Å²) in [4.78, 5) is 12.5. The van der Waals surface area contributed by atoms with Crippen molar-refractivity contribution in [1.82, 2.24) is 5.32 Å². The standard InChI is InChI=1S/C21H24ClNO3/c1-25-18-11-3-14(13-19(18)26-2)4-12-20(24)23-21(15-5-6-15)16-7-9-17(22)10-8-16/h3,7-11,13,15,21H,4-6,12H2,1-2H3,(H,23,24). The molecule has 138 valence electrons. The predicted octanol–water partition coefficient (Wildman–Crippen LogP) is 4.56. The van der Waals surface area contributed by atoms with Crippen LogP contribution in [0.4, 0.5) is 0 Å². The van der Waals surface area contributed by atoms with Crippen molar-refractivity contribution in [2.45, 2.75) is 31.7 Å². The van der Waals surface area contributed by atoms with Crippen LogP contribution in [-0.2, 0) is 11.2 Å². The molecule has 1 N–H and O–H groups in total. The highest BCUT2D eigenvalue weighted by Gasteiger charge is 2.33. The zero-order chi connectivity index (χ0) is 18.5. The second-order valence-corrected chi connectivity index (χ2v) is 7.06. The van der Waals surface area contributed by atoms with E-state index in [-0.39, 0.29) is 11.9 Å². The number of halogens is 1. The molecule has 0 spiro atoms. The average Bonchev–Trinajstić information content (AvgIpc) is 3.50. The van der Waals surface area contributed by atoms with E-state index in [1.165, 1.54) is 0 Å². The smallest absolute Gasteiger partial charge is 0.220 e. The first-order valence-electron chi connectivity index (χ1n) is 8.86. The fourth-order valence-corrected chi connectivity index (χ4v) is 3.24. The van der Waals surface area contributed by atoms with Crippen molar-refractivity contribution in [3.05, 3.63) is 58.6 Å². The summed E-state index contributed by atoms with van der Waals surface area (Å²) in [5, 5.41) is 3.91. The molecule has 1 unspecified atom stereocenters. The summed E-state index contributed by atoms with van der Waals surface area (Å²) in [5.41, 5.74) is 2.17. The van der Waals surface area contributed by atoms with Crippen molar-refractivity contribution in [3.8, 4) is 11.5 Å². The molecule has 4 nitrogen and oxygen atoms in total. The highest BCUT2D eigenvalue weighted by Crippen LogP contribution is 2.41. The van der Waals surface area contributed by atoms with Crippen LogP contribution >= 0.6 is 11.6 Å². The van der Waals surface area contributed by atoms with Crippen LogP contribution in [0, 0.1) is 5.92 Å². The summed E-state index contributed by atoms with van der Waals surface area (Å²) in [6.07, 6.45) is 3.41. The SMILES string of the molecule is COc1ccc(CCC(=O)NC(c2ccc(Cl)cc2)C2CC2)cc1OC. The molecule has 26 heavy (non-hydrogen) atoms. The number of benzene rings is 2. The third-order valence-corrected chi connectivity index (χ3v) is 4.98. The van der Waals surface area contributed by atoms with E-state index < -0.39 is 0 Å². The number of nitrogens with one attached hydrogen (secondary N) is 1. The minimum Gasteiger partial charge on any atom is -0.493 e. The van der Waals surface area contributed by atoms with Crippen molar-refractivity contribution in [1.29, 1.82) is 0 Å². The number of methoxy groups -OCH3 is 2. The van der Waals surface area contributed by atoms with Gasteiger partial charge in [-0.2, -0.15) is 0 Å². The maximum Gasteiger partial charge on any atom is 0.220 e. The Morgan fingerprint density at radius 1 is 1.12 bits per heavy atom. The van der Waals surface area contributed by atoms with Crippen LogP contribution in [0.2, 0.25) is 5.02 Å². The largest absolute Gasteiger partial charge is 0.493 e. The van der Waals surface area contributed by atoms with Crippen LogP contribution in [0.1, 0.15) is 36.4 Å². The second kappa shape index (κ2) is 8.45. The zero-order valence-corrected chi connectivity index (χ0v) is 15.9. The first-order valence-corrected chi connectivity index (χ1v) is 9.24. The van der Waals surface area contributed by atoms with Crippen molar-refractivity contribution < 1.29 is 14.3 Å². The molecule has 5 heteroatoms. The van der Waals surface area contributed by atoms with E-state index >= 15 is 0 Å². The van der Waals surface area contributed by atoms with Crippen LogP contribution < -0.4 is 14.8 Å². The van der Waals surface area contributed by atoms with Crippen LogP contribution in [0.25, 0.3) is 0 Å². The monoisotopic (exact) mass is 373 g/mol. The first-order chi connectivity index (χ1) is 12.6. The number of aryl methyl sites for hydroxylation is 1. The van der Waals surface area contributed by atoms with Gasteiger partial charge in [-0.15, -0.1) is 0 Å². The van der Waals surface area contributed by atoms with Gasteiger partial charge in [-0.1, -0.05) is 29.8 Å². The Kier molecular flexibility index (Phi) is 6.04. The van der Waals surface area contributed by atoms with Gasteiger partial charge < -0.3 is 14.8 Å². The Bertz CT molecular complexity index is 756. The van der Waals surface area contributed by atoms with Crippen molar-refractivity contribution >= 4 is 17.5 Å². The lowest BCUT2D eigenvalue weighted by Crippen LogP contribution is -2.30. The molecule has 3 rings (SSSR count). The fraction of sp³-hybridized carbons (Fsp3) is 0.381. The summed E-state index contributed by atoms with van der Waals surface area (Å²) in [6, 6.07) is 13.6. The molecule has 0 aliphatic heterocycles. The predicted molar refractivity (Wildman–Crippen MR) is 103 cm³/mol. The molecule has 0 saturated heterocycles. The first kappa shape index (κ1) is 18.6. The minimum absolute atomic E-state index is 0.0617. The summed E-state index contributed by atoms with van der Waals surface area (Å²) >= 11 is 5.97. The van der Waals surface area contributed by atoms with Crippen LogP contribution in [0.15, 0.2) is 42.5 Å². The number of carbonyl (C=O) groups excluding carboxylic acids is 1. The Hall–Kier alpha value is -2.20. The van der Waals surface area contributed by atoms with E-state index in [1.54, 1.807) is 14.2 Å². The number of hydrogen-bond donors (Lipinski definition) is 1. The molecule has 0 heterocycles. The molecule has 1 saturated carbocycles. The van der Waals surface area contributed by atoms with E-state index in [2.05, 4.69) is 5.32 Å². The van der Waals surface area contributed by atoms with Gasteiger partial charge in [0.05, 0.1) is 20.3 Å². The molecular weight excluding hydrogens is 350 g/mol. The van der Waals surface area contributed by atoms with Gasteiger partial charge in [0.25, 0.3) is 0 Å². The number of amides is 1. The molecule has 1 fully saturated rings. The summed E-state index contributed by atoms with van der Waals surface area (Å²) in [5.74, 6) is 1.97. The topological polar surface area (TPSA) is 47.6 Å². The van der Waals surface area contributed by atoms with Crippen molar-refractivity contribution in [2.75, 3.05) is 14.2 Å². The average molecular weight is 374 g/mol. The Morgan fingerprint density at radius 3 is 2.42 bits per heavy atom. The minimum atomic E-state index is 0.0617. The lowest BCUT2D eigenvalue weighted by atomic mass is 10.0. The lowest BCUT2D eigenvalue weighted by molar-refractivity contribution is -0.122. The van der Waals surface area contributed by atoms with E-state index in [1.807, 2.05) is 42.5 Å². The van der Waals surface area contributed by atoms with Crippen LogP contribution in [0.3, 0.4) is 0 Å². The summed E-state index contributed by atoms with van der Waals surface area (Å²) in [6.45, 7) is 0. The molecule has 0 bridgehead atoms. The molecule has 0 aromatic heterocycles. The van der Waals surface area contributed by atoms with E-state index in [0.717, 1.165) is 24.0 Å². The number of ether oxygens (including phenoxy) is 2. The Morgan fingerprint density at radius 2 is 1.81 bits per heavy atom. The highest BCUT2D eigenvalue weighted by molar-refractivity contribution is 6.30. The molecule has 2 aromatic carbocycles. The molecule has 1 atom stereocenters. The number of carbonyl (C=O) groups is 1. The van der Waals surface area contributed by atoms with Crippen molar-refractivity contribution in [3.63, 3.8) is 0 Å². The van der Waals surface area contributed by atoms with Gasteiger partial charge in [-0.05, 0) is 60.6 Å². The maximum atomic E-state index is 12.5. The normalized spacial score (nSPS) is 14.6. The third kappa shape index (κ3) is 4.70. The van der Waals surface area contributed by atoms with Gasteiger partial charge >= 0.3 is 0 Å². The summed E-state index contributed by atoms with van der Waals surface area (Å²) in [7, 11) is 3.22. The Balaban J connectivity index is 1.60. The van der Waals surface area contributed by atoms with E-state index in [9.17, 15) is 4.79 Å². The van der Waals surface area contributed by atoms with E-state index in [4.69, 9.17) is 21.1 Å². The van der Waals surface area contributed by atoms with Gasteiger partial charge in [-0.25, -0.2) is 0 Å². The summed E-state index contributed by atoms with van der Waals surface area (Å²) < 4.78 is 10.6. The van der Waals surface area contributed by atoms with Gasteiger partial charge in [0.2, 0.25) is 5.91 Å². The van der Waals surface area contributed by atoms with Crippen LogP contribution in [-0.4, -0.2) is 20.1 Å². The number of hydrogen-bond acceptors (Lipinski definition) is 3. The number of rotatable bonds is 8. The van der Waals surface area contributed by atoms with Gasteiger partial charge in [-0.3, -0.25) is 4.79 Å². The quantitative estimate of drug-likeness (QED) is 0.738. The van der Waals surface area contributed by atoms with Crippen LogP contribution in [0.5, 0.6) is 11.5 Å². The molecule has 1 amide bonds. The highest BCUT2D eigenvalue weighted by atomic mass is 35.5. The van der Waals surface area contributed by atoms with Gasteiger partial charge in [0, 0.05) is 11.4 Å². The van der Waals surface area contributed by atoms with Gasteiger partial charge in [0.15, 0.2) is 11.5 Å². The fourth-order valence-electron chi connectivity index (χ4n) is 3.11. The maximum absolute atomic E-state index is 12.5.